The first kappa shape index (κ1) is 9.22. The maximum absolute atomic E-state index is 5.32. The van der Waals surface area contributed by atoms with Crippen molar-refractivity contribution in [3.05, 3.63) is 18.2 Å². The van der Waals surface area contributed by atoms with Crippen molar-refractivity contribution in [3.8, 4) is 5.75 Å². The van der Waals surface area contributed by atoms with E-state index in [0.717, 1.165) is 16.3 Å². The van der Waals surface area contributed by atoms with Crippen LogP contribution in [0.25, 0.3) is 0 Å². The van der Waals surface area contributed by atoms with Crippen LogP contribution in [0.15, 0.2) is 23.1 Å². The summed E-state index contributed by atoms with van der Waals surface area (Å²) in [6.07, 6.45) is 0. The third kappa shape index (κ3) is 1.84. The quantitative estimate of drug-likeness (QED) is 0.380. The molecule has 3 nitrogen and oxygen atoms in total. The maximum atomic E-state index is 5.32. The van der Waals surface area contributed by atoms with Crippen molar-refractivity contribution in [2.45, 2.75) is 11.8 Å². The summed E-state index contributed by atoms with van der Waals surface area (Å²) in [5.74, 6) is 6.03. The number of hydrazine groups is 1. The zero-order valence-electron chi connectivity index (χ0n) is 6.87. The number of anilines is 1. The van der Waals surface area contributed by atoms with Gasteiger partial charge in [0.15, 0.2) is 0 Å². The predicted octanol–water partition coefficient (Wildman–Crippen LogP) is 1.66. The van der Waals surface area contributed by atoms with Crippen LogP contribution in [0.2, 0.25) is 0 Å². The Morgan fingerprint density at radius 3 is 2.92 bits per heavy atom. The van der Waals surface area contributed by atoms with E-state index in [1.807, 2.05) is 25.1 Å². The second-order valence-electron chi connectivity index (χ2n) is 2.23. The molecule has 66 valence electrons. The van der Waals surface area contributed by atoms with E-state index in [4.69, 9.17) is 10.6 Å². The van der Waals surface area contributed by atoms with Gasteiger partial charge in [0, 0.05) is 4.90 Å². The predicted molar refractivity (Wildman–Crippen MR) is 52.7 cm³/mol. The first-order valence-electron chi connectivity index (χ1n) is 3.71. The molecule has 12 heavy (non-hydrogen) atoms. The van der Waals surface area contributed by atoms with Gasteiger partial charge in [-0.15, -0.1) is 12.6 Å². The van der Waals surface area contributed by atoms with E-state index in [9.17, 15) is 0 Å². The fourth-order valence-electron chi connectivity index (χ4n) is 0.940. The van der Waals surface area contributed by atoms with E-state index < -0.39 is 0 Å². The lowest BCUT2D eigenvalue weighted by atomic mass is 10.3. The average molecular weight is 184 g/mol. The molecule has 0 saturated heterocycles. The minimum atomic E-state index is 0.617. The number of nitrogens with one attached hydrogen (secondary N) is 1. The van der Waals surface area contributed by atoms with Crippen molar-refractivity contribution in [2.24, 2.45) is 5.84 Å². The molecule has 0 radical (unpaired) electrons. The minimum absolute atomic E-state index is 0.617. The van der Waals surface area contributed by atoms with Gasteiger partial charge in [-0.2, -0.15) is 0 Å². The summed E-state index contributed by atoms with van der Waals surface area (Å²) >= 11 is 4.22. The molecule has 1 aromatic rings. The van der Waals surface area contributed by atoms with Gasteiger partial charge in [0.1, 0.15) is 11.4 Å². The van der Waals surface area contributed by atoms with E-state index in [0.29, 0.717) is 6.61 Å². The molecule has 1 rings (SSSR count). The zero-order valence-corrected chi connectivity index (χ0v) is 7.77. The van der Waals surface area contributed by atoms with E-state index in [-0.39, 0.29) is 0 Å². The van der Waals surface area contributed by atoms with Gasteiger partial charge in [0.25, 0.3) is 0 Å². The molecule has 0 spiro atoms. The standard InChI is InChI=1S/C8H12N2OS/c1-2-11-6-4-3-5-7(12)8(6)10-9/h3-5,10,12H,2,9H2,1H3. The highest BCUT2D eigenvalue weighted by Gasteiger charge is 2.03. The smallest absolute Gasteiger partial charge is 0.144 e. The third-order valence-corrected chi connectivity index (χ3v) is 1.82. The average Bonchev–Trinajstić information content (AvgIpc) is 2.05. The second-order valence-corrected chi connectivity index (χ2v) is 2.71. The highest BCUT2D eigenvalue weighted by atomic mass is 32.1. The molecule has 3 N–H and O–H groups in total. The summed E-state index contributed by atoms with van der Waals surface area (Å²) in [6.45, 7) is 2.54. The second kappa shape index (κ2) is 4.23. The molecule has 0 aliphatic carbocycles. The molecule has 0 saturated carbocycles. The van der Waals surface area contributed by atoms with Gasteiger partial charge in [-0.3, -0.25) is 5.84 Å². The van der Waals surface area contributed by atoms with Crippen LogP contribution in [0.3, 0.4) is 0 Å². The minimum Gasteiger partial charge on any atom is -0.492 e. The molecule has 0 aliphatic heterocycles. The lowest BCUT2D eigenvalue weighted by molar-refractivity contribution is 0.341. The summed E-state index contributed by atoms with van der Waals surface area (Å²) in [7, 11) is 0. The Kier molecular flexibility index (Phi) is 3.25. The Labute approximate surface area is 77.3 Å². The first-order valence-corrected chi connectivity index (χ1v) is 4.15. The number of nitrogens with two attached hydrogens (primary N) is 1. The van der Waals surface area contributed by atoms with Crippen molar-refractivity contribution >= 4 is 18.3 Å². The van der Waals surface area contributed by atoms with Crippen LogP contribution in [0.4, 0.5) is 5.69 Å². The molecule has 1 aromatic carbocycles. The molecule has 0 atom stereocenters. The summed E-state index contributed by atoms with van der Waals surface area (Å²) in [6, 6.07) is 5.56. The van der Waals surface area contributed by atoms with Gasteiger partial charge in [-0.05, 0) is 19.1 Å². The highest BCUT2D eigenvalue weighted by Crippen LogP contribution is 2.29. The SMILES string of the molecule is CCOc1cccc(S)c1NN. The Morgan fingerprint density at radius 2 is 2.33 bits per heavy atom. The summed E-state index contributed by atoms with van der Waals surface area (Å²) in [5, 5.41) is 0. The molecular formula is C8H12N2OS. The number of ether oxygens (including phenoxy) is 1. The lowest BCUT2D eigenvalue weighted by Crippen LogP contribution is -2.09. The first-order chi connectivity index (χ1) is 5.79. The van der Waals surface area contributed by atoms with Crippen molar-refractivity contribution in [3.63, 3.8) is 0 Å². The number of thiol groups is 1. The molecule has 0 aliphatic rings. The van der Waals surface area contributed by atoms with Crippen LogP contribution in [0.5, 0.6) is 5.75 Å². The Morgan fingerprint density at radius 1 is 1.58 bits per heavy atom. The molecular weight excluding hydrogens is 172 g/mol. The van der Waals surface area contributed by atoms with Gasteiger partial charge in [0.2, 0.25) is 0 Å². The van der Waals surface area contributed by atoms with Gasteiger partial charge < -0.3 is 10.2 Å². The number of para-hydroxylation sites is 1. The van der Waals surface area contributed by atoms with Crippen molar-refractivity contribution < 1.29 is 4.74 Å². The van der Waals surface area contributed by atoms with E-state index in [2.05, 4.69) is 18.1 Å². The summed E-state index contributed by atoms with van der Waals surface area (Å²) in [5.41, 5.74) is 3.27. The van der Waals surface area contributed by atoms with Gasteiger partial charge in [-0.1, -0.05) is 6.07 Å². The van der Waals surface area contributed by atoms with Crippen molar-refractivity contribution in [2.75, 3.05) is 12.0 Å². The maximum Gasteiger partial charge on any atom is 0.144 e. The largest absolute Gasteiger partial charge is 0.492 e. The fraction of sp³-hybridized carbons (Fsp3) is 0.250. The molecule has 0 unspecified atom stereocenters. The molecule has 0 heterocycles. The fourth-order valence-corrected chi connectivity index (χ4v) is 1.20. The van der Waals surface area contributed by atoms with Crippen LogP contribution in [0, 0.1) is 0 Å². The number of hydrogen-bond acceptors (Lipinski definition) is 4. The van der Waals surface area contributed by atoms with E-state index in [1.165, 1.54) is 0 Å². The van der Waals surface area contributed by atoms with Crippen LogP contribution < -0.4 is 16.0 Å². The topological polar surface area (TPSA) is 47.3 Å². The van der Waals surface area contributed by atoms with Crippen molar-refractivity contribution in [1.29, 1.82) is 0 Å². The molecule has 4 heteroatoms. The van der Waals surface area contributed by atoms with Crippen LogP contribution in [-0.2, 0) is 0 Å². The molecule has 0 amide bonds. The monoisotopic (exact) mass is 184 g/mol. The summed E-state index contributed by atoms with van der Waals surface area (Å²) < 4.78 is 5.32. The normalized spacial score (nSPS) is 9.58. The Bertz CT molecular complexity index is 265. The third-order valence-electron chi connectivity index (χ3n) is 1.45. The van der Waals surface area contributed by atoms with Gasteiger partial charge in [0.05, 0.1) is 6.61 Å². The Hall–Kier alpha value is -0.870. The molecule has 0 bridgehead atoms. The van der Waals surface area contributed by atoms with Crippen LogP contribution in [0.1, 0.15) is 6.92 Å². The van der Waals surface area contributed by atoms with Gasteiger partial charge >= 0.3 is 0 Å². The van der Waals surface area contributed by atoms with E-state index >= 15 is 0 Å². The number of hydrogen-bond donors (Lipinski definition) is 3. The van der Waals surface area contributed by atoms with Crippen molar-refractivity contribution in [1.82, 2.24) is 0 Å². The number of benzene rings is 1. The Balaban J connectivity index is 3.00. The van der Waals surface area contributed by atoms with Gasteiger partial charge in [-0.25, -0.2) is 0 Å². The number of rotatable bonds is 3. The number of nitrogen functional groups attached to an aromatic ring is 1. The summed E-state index contributed by atoms with van der Waals surface area (Å²) in [4.78, 5) is 0.781. The highest BCUT2D eigenvalue weighted by molar-refractivity contribution is 7.80. The molecule has 0 fully saturated rings. The zero-order chi connectivity index (χ0) is 8.97. The lowest BCUT2D eigenvalue weighted by Gasteiger charge is -2.10. The van der Waals surface area contributed by atoms with E-state index in [1.54, 1.807) is 0 Å². The van der Waals surface area contributed by atoms with Crippen LogP contribution in [-0.4, -0.2) is 6.61 Å². The van der Waals surface area contributed by atoms with Crippen LogP contribution >= 0.6 is 12.6 Å². The molecule has 0 aromatic heterocycles.